The molecule has 0 bridgehead atoms. The molecule has 0 atom stereocenters. The number of carbonyl (C=O) groups excluding carboxylic acids is 1. The average molecular weight is 440 g/mol. The normalized spacial score (nSPS) is 18.6. The summed E-state index contributed by atoms with van der Waals surface area (Å²) in [5.74, 6) is 0.402. The van der Waals surface area contributed by atoms with Gasteiger partial charge in [0.25, 0.3) is 0 Å². The quantitative estimate of drug-likeness (QED) is 0.306. The number of rotatable bonds is 6. The van der Waals surface area contributed by atoms with E-state index in [2.05, 4.69) is 11.6 Å². The lowest BCUT2D eigenvalue weighted by Crippen LogP contribution is -2.39. The molecule has 1 aromatic carbocycles. The van der Waals surface area contributed by atoms with Gasteiger partial charge in [0.2, 0.25) is 5.75 Å². The van der Waals surface area contributed by atoms with Crippen molar-refractivity contribution in [3.8, 4) is 17.2 Å². The van der Waals surface area contributed by atoms with Crippen LogP contribution < -0.4 is 9.47 Å². The Kier molecular flexibility index (Phi) is 7.22. The standard InChI is InChI=1S/C21H23Cl2NO5/c1-14(16(23)11-24-7-6-22)10-18(26)15-2-3-17(25)20-19(15)28-12-21(13-29-20)4-8-27-9-5-21/h2-3,7,11,25H,1,4-6,8-10,12-13H2/b16-11+,24-7-. The summed E-state index contributed by atoms with van der Waals surface area (Å²) in [6.07, 6.45) is 4.45. The highest BCUT2D eigenvalue weighted by atomic mass is 35.5. The minimum atomic E-state index is -0.245. The molecule has 3 rings (SSSR count). The van der Waals surface area contributed by atoms with E-state index in [-0.39, 0.29) is 45.8 Å². The van der Waals surface area contributed by atoms with Crippen molar-refractivity contribution in [3.05, 3.63) is 41.1 Å². The summed E-state index contributed by atoms with van der Waals surface area (Å²) >= 11 is 11.7. The number of nitrogens with zero attached hydrogens (tertiary/aromatic N) is 1. The fourth-order valence-electron chi connectivity index (χ4n) is 3.26. The van der Waals surface area contributed by atoms with Gasteiger partial charge in [-0.3, -0.25) is 9.79 Å². The Hall–Kier alpha value is -2.02. The van der Waals surface area contributed by atoms with Gasteiger partial charge in [0, 0.05) is 37.5 Å². The van der Waals surface area contributed by atoms with Crippen LogP contribution in [0.25, 0.3) is 0 Å². The van der Waals surface area contributed by atoms with Crippen LogP contribution in [0, 0.1) is 5.41 Å². The van der Waals surface area contributed by atoms with Gasteiger partial charge in [-0.25, -0.2) is 0 Å². The number of benzene rings is 1. The first-order valence-corrected chi connectivity index (χ1v) is 10.2. The van der Waals surface area contributed by atoms with Gasteiger partial charge >= 0.3 is 0 Å². The predicted octanol–water partition coefficient (Wildman–Crippen LogP) is 4.48. The van der Waals surface area contributed by atoms with Crippen molar-refractivity contribution in [2.75, 3.05) is 32.3 Å². The van der Waals surface area contributed by atoms with Gasteiger partial charge in [0.15, 0.2) is 17.3 Å². The van der Waals surface area contributed by atoms with Crippen LogP contribution >= 0.6 is 23.2 Å². The molecule has 0 aliphatic carbocycles. The lowest BCUT2D eigenvalue weighted by molar-refractivity contribution is -0.0254. The highest BCUT2D eigenvalue weighted by Gasteiger charge is 2.38. The van der Waals surface area contributed by atoms with Crippen LogP contribution in [0.4, 0.5) is 0 Å². The Morgan fingerprint density at radius 1 is 1.24 bits per heavy atom. The van der Waals surface area contributed by atoms with Crippen molar-refractivity contribution in [3.63, 3.8) is 0 Å². The highest BCUT2D eigenvalue weighted by molar-refractivity contribution is 6.32. The molecule has 2 heterocycles. The average Bonchev–Trinajstić information content (AvgIpc) is 2.90. The maximum absolute atomic E-state index is 12.9. The van der Waals surface area contributed by atoms with Crippen molar-refractivity contribution in [1.29, 1.82) is 0 Å². The SMILES string of the molecule is C=C(CC(=O)c1ccc(O)c2c1OCC1(CCOCC1)CO2)/C(Cl)=C\N=C/CCl. The lowest BCUT2D eigenvalue weighted by atomic mass is 9.82. The molecule has 1 saturated heterocycles. The molecular weight excluding hydrogens is 417 g/mol. The molecule has 29 heavy (non-hydrogen) atoms. The van der Waals surface area contributed by atoms with Crippen molar-refractivity contribution < 1.29 is 24.1 Å². The molecule has 8 heteroatoms. The zero-order chi connectivity index (χ0) is 20.9. The van der Waals surface area contributed by atoms with Crippen molar-refractivity contribution in [2.24, 2.45) is 10.4 Å². The van der Waals surface area contributed by atoms with E-state index >= 15 is 0 Å². The lowest BCUT2D eigenvalue weighted by Gasteiger charge is -2.34. The van der Waals surface area contributed by atoms with E-state index in [9.17, 15) is 9.90 Å². The number of ketones is 1. The Morgan fingerprint density at radius 2 is 1.93 bits per heavy atom. The zero-order valence-corrected chi connectivity index (χ0v) is 17.5. The van der Waals surface area contributed by atoms with Crippen molar-refractivity contribution in [2.45, 2.75) is 19.3 Å². The molecule has 1 N–H and O–H groups in total. The second-order valence-electron chi connectivity index (χ2n) is 7.15. The molecule has 0 radical (unpaired) electrons. The topological polar surface area (TPSA) is 77.4 Å². The number of aliphatic imine (C=N–C) groups is 1. The first-order chi connectivity index (χ1) is 14.0. The number of hydrogen-bond acceptors (Lipinski definition) is 6. The number of hydrogen-bond donors (Lipinski definition) is 1. The molecule has 1 fully saturated rings. The molecule has 0 saturated carbocycles. The van der Waals surface area contributed by atoms with E-state index in [0.717, 1.165) is 12.8 Å². The Balaban J connectivity index is 1.80. The highest BCUT2D eigenvalue weighted by Crippen LogP contribution is 2.45. The van der Waals surface area contributed by atoms with Gasteiger partial charge in [0.05, 0.1) is 29.7 Å². The van der Waals surface area contributed by atoms with E-state index in [1.165, 1.54) is 24.5 Å². The molecule has 0 unspecified atom stereocenters. The second-order valence-corrected chi connectivity index (χ2v) is 7.86. The summed E-state index contributed by atoms with van der Waals surface area (Å²) in [6, 6.07) is 2.96. The number of phenols is 1. The third-order valence-electron chi connectivity index (χ3n) is 5.06. The first kappa shape index (κ1) is 21.7. The third-order valence-corrected chi connectivity index (χ3v) is 5.57. The van der Waals surface area contributed by atoms with Crippen LogP contribution in [0.15, 0.2) is 40.5 Å². The zero-order valence-electron chi connectivity index (χ0n) is 16.0. The summed E-state index contributed by atoms with van der Waals surface area (Å²) in [5, 5.41) is 10.5. The smallest absolute Gasteiger partial charge is 0.204 e. The predicted molar refractivity (Wildman–Crippen MR) is 113 cm³/mol. The van der Waals surface area contributed by atoms with Gasteiger partial charge < -0.3 is 19.3 Å². The van der Waals surface area contributed by atoms with Crippen LogP contribution in [0.3, 0.4) is 0 Å². The number of allylic oxidation sites excluding steroid dienone is 2. The second kappa shape index (κ2) is 9.65. The molecule has 6 nitrogen and oxygen atoms in total. The van der Waals surface area contributed by atoms with Crippen LogP contribution in [0.2, 0.25) is 0 Å². The molecule has 156 valence electrons. The number of aromatic hydroxyl groups is 1. The van der Waals surface area contributed by atoms with Crippen LogP contribution in [0.1, 0.15) is 29.6 Å². The van der Waals surface area contributed by atoms with Gasteiger partial charge in [-0.15, -0.1) is 11.6 Å². The monoisotopic (exact) mass is 439 g/mol. The number of fused-ring (bicyclic) bond motifs is 1. The minimum absolute atomic E-state index is 0.0225. The summed E-state index contributed by atoms with van der Waals surface area (Å²) in [5.41, 5.74) is 0.539. The van der Waals surface area contributed by atoms with Gasteiger partial charge in [0.1, 0.15) is 0 Å². The van der Waals surface area contributed by atoms with Crippen molar-refractivity contribution in [1.82, 2.24) is 0 Å². The summed E-state index contributed by atoms with van der Waals surface area (Å²) < 4.78 is 17.4. The Morgan fingerprint density at radius 3 is 2.62 bits per heavy atom. The van der Waals surface area contributed by atoms with Gasteiger partial charge in [-0.1, -0.05) is 18.2 Å². The summed E-state index contributed by atoms with van der Waals surface area (Å²) in [6.45, 7) is 5.91. The summed E-state index contributed by atoms with van der Waals surface area (Å²) in [7, 11) is 0. The number of carbonyl (C=O) groups is 1. The van der Waals surface area contributed by atoms with E-state index in [4.69, 9.17) is 37.4 Å². The van der Waals surface area contributed by atoms with Crippen LogP contribution in [0.5, 0.6) is 17.2 Å². The van der Waals surface area contributed by atoms with E-state index in [1.54, 1.807) is 0 Å². The molecule has 1 aromatic rings. The fourth-order valence-corrected chi connectivity index (χ4v) is 3.47. The van der Waals surface area contributed by atoms with Crippen molar-refractivity contribution >= 4 is 35.2 Å². The van der Waals surface area contributed by atoms with E-state index in [1.807, 2.05) is 0 Å². The van der Waals surface area contributed by atoms with Crippen LogP contribution in [-0.4, -0.2) is 49.4 Å². The maximum Gasteiger partial charge on any atom is 0.204 e. The largest absolute Gasteiger partial charge is 0.504 e. The minimum Gasteiger partial charge on any atom is -0.504 e. The number of alkyl halides is 1. The van der Waals surface area contributed by atoms with E-state index in [0.29, 0.717) is 37.6 Å². The molecule has 1 spiro atoms. The number of ether oxygens (including phenoxy) is 3. The molecule has 2 aliphatic rings. The third kappa shape index (κ3) is 5.13. The van der Waals surface area contributed by atoms with E-state index < -0.39 is 0 Å². The van der Waals surface area contributed by atoms with Gasteiger partial charge in [-0.05, 0) is 30.5 Å². The molecule has 0 aromatic heterocycles. The molecule has 0 amide bonds. The molecular formula is C21H23Cl2NO5. The van der Waals surface area contributed by atoms with Gasteiger partial charge in [-0.2, -0.15) is 0 Å². The Bertz CT molecular complexity index is 844. The summed E-state index contributed by atoms with van der Waals surface area (Å²) in [4.78, 5) is 16.8. The number of halogens is 2. The fraction of sp³-hybridized carbons (Fsp3) is 0.429. The maximum atomic E-state index is 12.9. The first-order valence-electron chi connectivity index (χ1n) is 9.30. The number of Topliss-reactive ketones (excluding diaryl/α,β-unsaturated/α-hetero) is 1. The number of phenolic OH excluding ortho intramolecular Hbond substituents is 1. The Labute approximate surface area is 179 Å². The molecule has 2 aliphatic heterocycles. The van der Waals surface area contributed by atoms with Crippen LogP contribution in [-0.2, 0) is 4.74 Å².